The Labute approximate surface area is 151 Å². The van der Waals surface area contributed by atoms with Crippen molar-refractivity contribution >= 4 is 17.9 Å². The fraction of sp³-hybridized carbons (Fsp3) is 0.0952. The van der Waals surface area contributed by atoms with Gasteiger partial charge in [-0.25, -0.2) is 0 Å². The van der Waals surface area contributed by atoms with Gasteiger partial charge < -0.3 is 9.47 Å². The van der Waals surface area contributed by atoms with Gasteiger partial charge in [0.15, 0.2) is 11.5 Å². The van der Waals surface area contributed by atoms with E-state index < -0.39 is 0 Å². The van der Waals surface area contributed by atoms with Crippen LogP contribution in [0.1, 0.15) is 15.9 Å². The van der Waals surface area contributed by atoms with Crippen molar-refractivity contribution in [3.05, 3.63) is 82.9 Å². The van der Waals surface area contributed by atoms with Crippen LogP contribution in [0.4, 0.5) is 0 Å². The van der Waals surface area contributed by atoms with Crippen LogP contribution < -0.4 is 9.47 Å². The second-order valence-corrected chi connectivity index (χ2v) is 5.91. The van der Waals surface area contributed by atoms with Gasteiger partial charge in [-0.2, -0.15) is 0 Å². The van der Waals surface area contributed by atoms with Crippen molar-refractivity contribution in [3.8, 4) is 22.6 Å². The quantitative estimate of drug-likeness (QED) is 0.556. The molecule has 0 fully saturated rings. The van der Waals surface area contributed by atoms with Crippen molar-refractivity contribution in [2.75, 3.05) is 7.11 Å². The molecule has 0 amide bonds. The molecule has 0 spiro atoms. The zero-order chi connectivity index (χ0) is 17.6. The minimum absolute atomic E-state index is 0.349. The van der Waals surface area contributed by atoms with Crippen LogP contribution in [0.3, 0.4) is 0 Å². The minimum Gasteiger partial charge on any atom is -0.493 e. The highest BCUT2D eigenvalue weighted by molar-refractivity contribution is 6.32. The summed E-state index contributed by atoms with van der Waals surface area (Å²) < 4.78 is 11.1. The molecule has 3 aromatic carbocycles. The monoisotopic (exact) mass is 352 g/mol. The lowest BCUT2D eigenvalue weighted by atomic mass is 10.0. The highest BCUT2D eigenvalue weighted by atomic mass is 35.5. The molecular formula is C21H17ClO3. The fourth-order valence-electron chi connectivity index (χ4n) is 2.53. The molecule has 4 heteroatoms. The van der Waals surface area contributed by atoms with Crippen LogP contribution in [0.2, 0.25) is 5.02 Å². The number of methoxy groups -OCH3 is 1. The van der Waals surface area contributed by atoms with Gasteiger partial charge in [-0.15, -0.1) is 0 Å². The number of ether oxygens (including phenoxy) is 2. The maximum absolute atomic E-state index is 10.9. The number of halogens is 1. The zero-order valence-corrected chi connectivity index (χ0v) is 14.5. The summed E-state index contributed by atoms with van der Waals surface area (Å²) in [6, 6.07) is 21.5. The van der Waals surface area contributed by atoms with Gasteiger partial charge in [0.1, 0.15) is 12.9 Å². The molecule has 0 atom stereocenters. The molecule has 0 bridgehead atoms. The van der Waals surface area contributed by atoms with Crippen LogP contribution >= 0.6 is 11.6 Å². The number of carbonyl (C=O) groups excluding carboxylic acids is 1. The van der Waals surface area contributed by atoms with E-state index in [2.05, 4.69) is 24.3 Å². The maximum atomic E-state index is 10.9. The van der Waals surface area contributed by atoms with Crippen LogP contribution in [0.15, 0.2) is 66.7 Å². The Kier molecular flexibility index (Phi) is 5.36. The molecule has 0 saturated carbocycles. The average molecular weight is 353 g/mol. The van der Waals surface area contributed by atoms with Gasteiger partial charge in [-0.1, -0.05) is 66.2 Å². The Bertz CT molecular complexity index is 858. The van der Waals surface area contributed by atoms with E-state index in [-0.39, 0.29) is 0 Å². The topological polar surface area (TPSA) is 35.5 Å². The molecule has 0 saturated heterocycles. The summed E-state index contributed by atoms with van der Waals surface area (Å²) in [5.74, 6) is 0.873. The highest BCUT2D eigenvalue weighted by Crippen LogP contribution is 2.36. The first kappa shape index (κ1) is 17.1. The third-order valence-corrected chi connectivity index (χ3v) is 4.11. The SMILES string of the molecule is COc1cc(C=O)cc(Cl)c1OCc1ccc(-c2ccccc2)cc1. The fourth-order valence-corrected chi connectivity index (χ4v) is 2.80. The average Bonchev–Trinajstić information content (AvgIpc) is 2.67. The summed E-state index contributed by atoms with van der Waals surface area (Å²) >= 11 is 6.20. The van der Waals surface area contributed by atoms with Crippen molar-refractivity contribution < 1.29 is 14.3 Å². The molecule has 3 nitrogen and oxygen atoms in total. The van der Waals surface area contributed by atoms with Crippen molar-refractivity contribution in [3.63, 3.8) is 0 Å². The van der Waals surface area contributed by atoms with Gasteiger partial charge >= 0.3 is 0 Å². The second kappa shape index (κ2) is 7.86. The molecule has 0 heterocycles. The van der Waals surface area contributed by atoms with Gasteiger partial charge in [0.25, 0.3) is 0 Å². The molecule has 0 N–H and O–H groups in total. The zero-order valence-electron chi connectivity index (χ0n) is 13.7. The van der Waals surface area contributed by atoms with Gasteiger partial charge in [-0.05, 0) is 28.8 Å². The van der Waals surface area contributed by atoms with E-state index in [0.29, 0.717) is 28.7 Å². The number of carbonyl (C=O) groups is 1. The van der Waals surface area contributed by atoms with Gasteiger partial charge in [0, 0.05) is 5.56 Å². The van der Waals surface area contributed by atoms with E-state index in [0.717, 1.165) is 17.4 Å². The maximum Gasteiger partial charge on any atom is 0.180 e. The van der Waals surface area contributed by atoms with Gasteiger partial charge in [-0.3, -0.25) is 4.79 Å². The molecule has 25 heavy (non-hydrogen) atoms. The Morgan fingerprint density at radius 2 is 1.64 bits per heavy atom. The van der Waals surface area contributed by atoms with E-state index in [9.17, 15) is 4.79 Å². The van der Waals surface area contributed by atoms with Crippen molar-refractivity contribution in [2.45, 2.75) is 6.61 Å². The molecule has 126 valence electrons. The summed E-state index contributed by atoms with van der Waals surface area (Å²) in [5.41, 5.74) is 3.78. The van der Waals surface area contributed by atoms with Crippen LogP contribution in [0, 0.1) is 0 Å². The molecule has 0 aliphatic rings. The van der Waals surface area contributed by atoms with Gasteiger partial charge in [0.05, 0.1) is 12.1 Å². The lowest BCUT2D eigenvalue weighted by Crippen LogP contribution is -1.99. The molecule has 0 radical (unpaired) electrons. The predicted octanol–water partition coefficient (Wildman–Crippen LogP) is 5.41. The van der Waals surface area contributed by atoms with E-state index in [1.807, 2.05) is 30.3 Å². The van der Waals surface area contributed by atoms with Crippen LogP contribution in [0.25, 0.3) is 11.1 Å². The van der Waals surface area contributed by atoms with Crippen molar-refractivity contribution in [2.24, 2.45) is 0 Å². The predicted molar refractivity (Wildman–Crippen MR) is 99.6 cm³/mol. The second-order valence-electron chi connectivity index (χ2n) is 5.50. The summed E-state index contributed by atoms with van der Waals surface area (Å²) in [6.07, 6.45) is 0.723. The normalized spacial score (nSPS) is 10.3. The number of aldehydes is 1. The standard InChI is InChI=1S/C21H17ClO3/c1-24-20-12-16(13-23)11-19(22)21(20)25-14-15-7-9-18(10-8-15)17-5-3-2-4-6-17/h2-13H,14H2,1H3. The Morgan fingerprint density at radius 1 is 0.960 bits per heavy atom. The lowest BCUT2D eigenvalue weighted by molar-refractivity contribution is 0.112. The molecule has 0 aliphatic carbocycles. The Hall–Kier alpha value is -2.78. The largest absolute Gasteiger partial charge is 0.493 e. The van der Waals surface area contributed by atoms with Crippen LogP contribution in [-0.2, 0) is 6.61 Å². The number of rotatable bonds is 6. The van der Waals surface area contributed by atoms with Crippen LogP contribution in [-0.4, -0.2) is 13.4 Å². The molecule has 3 aromatic rings. The third-order valence-electron chi connectivity index (χ3n) is 3.83. The summed E-state index contributed by atoms with van der Waals surface area (Å²) in [5, 5.41) is 0.349. The first-order valence-electron chi connectivity index (χ1n) is 7.81. The van der Waals surface area contributed by atoms with E-state index in [1.165, 1.54) is 12.7 Å². The molecular weight excluding hydrogens is 336 g/mol. The summed E-state index contributed by atoms with van der Waals surface area (Å²) in [7, 11) is 1.52. The number of hydrogen-bond acceptors (Lipinski definition) is 3. The summed E-state index contributed by atoms with van der Waals surface area (Å²) in [6.45, 7) is 0.353. The highest BCUT2D eigenvalue weighted by Gasteiger charge is 2.12. The molecule has 0 aromatic heterocycles. The Morgan fingerprint density at radius 3 is 2.28 bits per heavy atom. The molecule has 0 aliphatic heterocycles. The lowest BCUT2D eigenvalue weighted by Gasteiger charge is -2.13. The van der Waals surface area contributed by atoms with Crippen molar-refractivity contribution in [1.82, 2.24) is 0 Å². The van der Waals surface area contributed by atoms with E-state index in [4.69, 9.17) is 21.1 Å². The van der Waals surface area contributed by atoms with E-state index in [1.54, 1.807) is 12.1 Å². The van der Waals surface area contributed by atoms with Crippen molar-refractivity contribution in [1.29, 1.82) is 0 Å². The first-order valence-corrected chi connectivity index (χ1v) is 8.19. The Balaban J connectivity index is 1.75. The van der Waals surface area contributed by atoms with Crippen LogP contribution in [0.5, 0.6) is 11.5 Å². The first-order chi connectivity index (χ1) is 12.2. The smallest absolute Gasteiger partial charge is 0.180 e. The minimum atomic E-state index is 0.349. The molecule has 0 unspecified atom stereocenters. The third kappa shape index (κ3) is 4.01. The summed E-state index contributed by atoms with van der Waals surface area (Å²) in [4.78, 5) is 10.9. The van der Waals surface area contributed by atoms with Gasteiger partial charge in [0.2, 0.25) is 0 Å². The molecule has 3 rings (SSSR count). The van der Waals surface area contributed by atoms with E-state index >= 15 is 0 Å². The number of hydrogen-bond donors (Lipinski definition) is 0. The number of benzene rings is 3.